The number of carbonyl (C=O) groups excluding carboxylic acids is 1. The molecule has 5 heteroatoms. The predicted octanol–water partition coefficient (Wildman–Crippen LogP) is 4.24. The van der Waals surface area contributed by atoms with Gasteiger partial charge in [0.25, 0.3) is 0 Å². The average molecular weight is 281 g/mol. The summed E-state index contributed by atoms with van der Waals surface area (Å²) >= 11 is 1.27. The number of nitrogens with one attached hydrogen (secondary N) is 1. The number of hydrogen-bond acceptors (Lipinski definition) is 4. The highest BCUT2D eigenvalue weighted by molar-refractivity contribution is 7.94. The molecule has 0 heterocycles. The van der Waals surface area contributed by atoms with Crippen molar-refractivity contribution in [2.24, 2.45) is 0 Å². The number of amides is 1. The van der Waals surface area contributed by atoms with E-state index in [1.54, 1.807) is 18.2 Å². The van der Waals surface area contributed by atoms with Crippen molar-refractivity contribution in [3.05, 3.63) is 36.9 Å². The maximum atomic E-state index is 11.4. The molecule has 4 nitrogen and oxygen atoms in total. The van der Waals surface area contributed by atoms with Crippen LogP contribution in [0.5, 0.6) is 0 Å². The van der Waals surface area contributed by atoms with Crippen LogP contribution in [0.4, 0.5) is 10.5 Å². The Kier molecular flexibility index (Phi) is 7.77. The maximum absolute atomic E-state index is 11.4. The fraction of sp³-hybridized carbons (Fsp3) is 0.357. The third kappa shape index (κ3) is 6.88. The van der Waals surface area contributed by atoms with Gasteiger partial charge in [-0.2, -0.15) is 0 Å². The molecule has 19 heavy (non-hydrogen) atoms. The van der Waals surface area contributed by atoms with Gasteiger partial charge in [0.05, 0.1) is 13.2 Å². The lowest BCUT2D eigenvalue weighted by Crippen LogP contribution is -2.14. The van der Waals surface area contributed by atoms with Crippen molar-refractivity contribution in [2.45, 2.75) is 24.7 Å². The number of rotatable bonds is 8. The normalized spacial score (nSPS) is 9.95. The van der Waals surface area contributed by atoms with Crippen LogP contribution >= 0.6 is 12.0 Å². The van der Waals surface area contributed by atoms with Crippen LogP contribution in [0, 0.1) is 0 Å². The van der Waals surface area contributed by atoms with Crippen molar-refractivity contribution in [1.82, 2.24) is 0 Å². The van der Waals surface area contributed by atoms with Crippen molar-refractivity contribution < 1.29 is 13.7 Å². The fourth-order valence-electron chi connectivity index (χ4n) is 1.21. The van der Waals surface area contributed by atoms with Gasteiger partial charge < -0.3 is 8.92 Å². The van der Waals surface area contributed by atoms with E-state index in [9.17, 15) is 4.79 Å². The lowest BCUT2D eigenvalue weighted by molar-refractivity contribution is 0.160. The molecule has 1 N–H and O–H groups in total. The number of carbonyl (C=O) groups is 1. The van der Waals surface area contributed by atoms with Gasteiger partial charge in [-0.05, 0) is 30.7 Å². The molecule has 0 aliphatic rings. The largest absolute Gasteiger partial charge is 0.449 e. The molecule has 104 valence electrons. The molecule has 0 aliphatic heterocycles. The van der Waals surface area contributed by atoms with E-state index in [1.165, 1.54) is 12.0 Å². The molecule has 0 atom stereocenters. The Bertz CT molecular complexity index is 392. The number of anilines is 1. The SMILES string of the molecule is C=CCOSc1ccc(NC(=O)OCCCC)cc1. The molecule has 1 amide bonds. The van der Waals surface area contributed by atoms with E-state index in [0.717, 1.165) is 17.7 Å². The van der Waals surface area contributed by atoms with E-state index in [2.05, 4.69) is 11.9 Å². The van der Waals surface area contributed by atoms with Gasteiger partial charge in [0.1, 0.15) is 0 Å². The molecule has 1 rings (SSSR count). The molecule has 1 aromatic carbocycles. The molecule has 0 unspecified atom stereocenters. The van der Waals surface area contributed by atoms with E-state index < -0.39 is 6.09 Å². The fourth-order valence-corrected chi connectivity index (χ4v) is 1.75. The zero-order valence-corrected chi connectivity index (χ0v) is 11.9. The molecule has 0 spiro atoms. The molecule has 0 fully saturated rings. The molecule has 0 aromatic heterocycles. The average Bonchev–Trinajstić information content (AvgIpc) is 2.41. The topological polar surface area (TPSA) is 47.6 Å². The van der Waals surface area contributed by atoms with Crippen LogP contribution in [0.15, 0.2) is 41.8 Å². The van der Waals surface area contributed by atoms with E-state index >= 15 is 0 Å². The molecule has 0 bridgehead atoms. The molecule has 0 aliphatic carbocycles. The Morgan fingerprint density at radius 1 is 1.42 bits per heavy atom. The standard InChI is InChI=1S/C14H19NO3S/c1-3-5-11-17-14(16)15-12-6-8-13(9-7-12)19-18-10-4-2/h4,6-9H,2-3,5,10-11H2,1H3,(H,15,16). The summed E-state index contributed by atoms with van der Waals surface area (Å²) in [5.74, 6) is 0. The third-order valence-electron chi connectivity index (χ3n) is 2.17. The summed E-state index contributed by atoms with van der Waals surface area (Å²) in [6.45, 7) is 6.56. The Morgan fingerprint density at radius 2 is 2.16 bits per heavy atom. The van der Waals surface area contributed by atoms with Crippen molar-refractivity contribution in [1.29, 1.82) is 0 Å². The van der Waals surface area contributed by atoms with Gasteiger partial charge in [-0.15, -0.1) is 6.58 Å². The minimum absolute atomic E-state index is 0.420. The third-order valence-corrected chi connectivity index (χ3v) is 2.89. The molecule has 0 radical (unpaired) electrons. The van der Waals surface area contributed by atoms with E-state index in [1.807, 2.05) is 19.1 Å². The first kappa shape index (κ1) is 15.6. The summed E-state index contributed by atoms with van der Waals surface area (Å²) in [4.78, 5) is 12.4. The van der Waals surface area contributed by atoms with Crippen molar-refractivity contribution in [3.63, 3.8) is 0 Å². The van der Waals surface area contributed by atoms with Gasteiger partial charge in [-0.25, -0.2) is 4.79 Å². The number of benzene rings is 1. The second-order valence-corrected chi connectivity index (χ2v) is 4.67. The highest BCUT2D eigenvalue weighted by Crippen LogP contribution is 2.21. The number of hydrogen-bond donors (Lipinski definition) is 1. The van der Waals surface area contributed by atoms with E-state index in [0.29, 0.717) is 18.9 Å². The summed E-state index contributed by atoms with van der Waals surface area (Å²) in [5.41, 5.74) is 0.703. The first-order chi connectivity index (χ1) is 9.26. The van der Waals surface area contributed by atoms with Crippen LogP contribution in [0.1, 0.15) is 19.8 Å². The van der Waals surface area contributed by atoms with Crippen molar-refractivity contribution >= 4 is 23.8 Å². The molecule has 0 saturated carbocycles. The van der Waals surface area contributed by atoms with Crippen LogP contribution in [-0.4, -0.2) is 19.3 Å². The Hall–Kier alpha value is -1.46. The number of unbranched alkanes of at least 4 members (excludes halogenated alkanes) is 1. The summed E-state index contributed by atoms with van der Waals surface area (Å²) in [7, 11) is 0. The van der Waals surface area contributed by atoms with Crippen LogP contribution in [-0.2, 0) is 8.92 Å². The minimum atomic E-state index is -0.420. The van der Waals surface area contributed by atoms with Crippen LogP contribution in [0.3, 0.4) is 0 Å². The quantitative estimate of drug-likeness (QED) is 0.440. The number of ether oxygens (including phenoxy) is 1. The van der Waals surface area contributed by atoms with Crippen LogP contribution in [0.25, 0.3) is 0 Å². The Labute approximate surface area is 118 Å². The first-order valence-electron chi connectivity index (χ1n) is 6.20. The highest BCUT2D eigenvalue weighted by Gasteiger charge is 2.02. The minimum Gasteiger partial charge on any atom is -0.449 e. The van der Waals surface area contributed by atoms with Gasteiger partial charge in [-0.1, -0.05) is 19.4 Å². The lowest BCUT2D eigenvalue weighted by atomic mass is 10.3. The predicted molar refractivity (Wildman–Crippen MR) is 78.3 cm³/mol. The molecular formula is C14H19NO3S. The Balaban J connectivity index is 2.34. The molecule has 1 aromatic rings. The van der Waals surface area contributed by atoms with Gasteiger partial charge >= 0.3 is 6.09 Å². The highest BCUT2D eigenvalue weighted by atomic mass is 32.2. The van der Waals surface area contributed by atoms with E-state index in [-0.39, 0.29) is 0 Å². The first-order valence-corrected chi connectivity index (χ1v) is 6.94. The van der Waals surface area contributed by atoms with E-state index in [4.69, 9.17) is 8.92 Å². The van der Waals surface area contributed by atoms with Crippen LogP contribution in [0.2, 0.25) is 0 Å². The second-order valence-electron chi connectivity index (χ2n) is 3.80. The second kappa shape index (κ2) is 9.47. The zero-order valence-electron chi connectivity index (χ0n) is 11.1. The summed E-state index contributed by atoms with van der Waals surface area (Å²) in [6.07, 6.45) is 3.15. The van der Waals surface area contributed by atoms with Gasteiger partial charge in [-0.3, -0.25) is 5.32 Å². The maximum Gasteiger partial charge on any atom is 0.411 e. The van der Waals surface area contributed by atoms with Crippen molar-refractivity contribution in [3.8, 4) is 0 Å². The summed E-state index contributed by atoms with van der Waals surface area (Å²) in [5, 5.41) is 2.67. The van der Waals surface area contributed by atoms with Gasteiger partial charge in [0.2, 0.25) is 0 Å². The van der Waals surface area contributed by atoms with Crippen LogP contribution < -0.4 is 5.32 Å². The monoisotopic (exact) mass is 281 g/mol. The lowest BCUT2D eigenvalue weighted by Gasteiger charge is -2.07. The molecular weight excluding hydrogens is 262 g/mol. The smallest absolute Gasteiger partial charge is 0.411 e. The molecule has 0 saturated heterocycles. The van der Waals surface area contributed by atoms with Gasteiger partial charge in [0, 0.05) is 22.6 Å². The van der Waals surface area contributed by atoms with Crippen molar-refractivity contribution in [2.75, 3.05) is 18.5 Å². The summed E-state index contributed by atoms with van der Waals surface area (Å²) < 4.78 is 10.2. The summed E-state index contributed by atoms with van der Waals surface area (Å²) in [6, 6.07) is 7.35. The zero-order chi connectivity index (χ0) is 13.9. The van der Waals surface area contributed by atoms with Gasteiger partial charge in [0.15, 0.2) is 0 Å². The Morgan fingerprint density at radius 3 is 2.79 bits per heavy atom.